The molecule has 12 heavy (non-hydrogen) atoms. The van der Waals surface area contributed by atoms with E-state index < -0.39 is 0 Å². The smallest absolute Gasteiger partial charge is 0.236 e. The van der Waals surface area contributed by atoms with Crippen molar-refractivity contribution in [2.24, 2.45) is 5.73 Å². The van der Waals surface area contributed by atoms with Crippen LogP contribution in [0.3, 0.4) is 0 Å². The number of hydrogen-bond donors (Lipinski definition) is 1. The summed E-state index contributed by atoms with van der Waals surface area (Å²) < 4.78 is 5.10. The highest BCUT2D eigenvalue weighted by molar-refractivity contribution is 5.85. The SMILES string of the molecule is CO[C@@H]1CCN(C(=O)CN)C1.Cl. The fraction of sp³-hybridized carbons (Fsp3) is 0.857. The van der Waals surface area contributed by atoms with Gasteiger partial charge < -0.3 is 15.4 Å². The Hall–Kier alpha value is -0.320. The number of ether oxygens (including phenoxy) is 1. The van der Waals surface area contributed by atoms with Crippen LogP contribution in [-0.2, 0) is 9.53 Å². The highest BCUT2D eigenvalue weighted by atomic mass is 35.5. The summed E-state index contributed by atoms with van der Waals surface area (Å²) in [6, 6.07) is 0. The summed E-state index contributed by atoms with van der Waals surface area (Å²) in [6.07, 6.45) is 1.15. The Bertz CT molecular complexity index is 154. The topological polar surface area (TPSA) is 55.6 Å². The highest BCUT2D eigenvalue weighted by Crippen LogP contribution is 2.10. The fourth-order valence-corrected chi connectivity index (χ4v) is 1.28. The van der Waals surface area contributed by atoms with E-state index in [-0.39, 0.29) is 31.0 Å². The van der Waals surface area contributed by atoms with E-state index in [9.17, 15) is 4.79 Å². The van der Waals surface area contributed by atoms with Crippen LogP contribution in [0.4, 0.5) is 0 Å². The number of methoxy groups -OCH3 is 1. The molecule has 0 saturated carbocycles. The van der Waals surface area contributed by atoms with Crippen molar-refractivity contribution in [3.63, 3.8) is 0 Å². The molecule has 0 bridgehead atoms. The van der Waals surface area contributed by atoms with E-state index in [1.807, 2.05) is 0 Å². The van der Waals surface area contributed by atoms with Crippen LogP contribution in [-0.4, -0.2) is 43.7 Å². The number of nitrogens with zero attached hydrogens (tertiary/aromatic N) is 1. The number of halogens is 1. The summed E-state index contributed by atoms with van der Waals surface area (Å²) in [7, 11) is 1.67. The minimum atomic E-state index is 0. The standard InChI is InChI=1S/C7H14N2O2.ClH/c1-11-6-2-3-9(5-6)7(10)4-8;/h6H,2-5,8H2,1H3;1H/t6-;/m1./s1. The zero-order valence-corrected chi connectivity index (χ0v) is 7.97. The van der Waals surface area contributed by atoms with Crippen molar-refractivity contribution in [3.05, 3.63) is 0 Å². The van der Waals surface area contributed by atoms with Crippen molar-refractivity contribution in [3.8, 4) is 0 Å². The molecule has 1 atom stereocenters. The van der Waals surface area contributed by atoms with Crippen molar-refractivity contribution in [1.29, 1.82) is 0 Å². The number of rotatable bonds is 2. The normalized spacial score (nSPS) is 22.2. The van der Waals surface area contributed by atoms with Gasteiger partial charge in [-0.15, -0.1) is 12.4 Å². The van der Waals surface area contributed by atoms with Crippen LogP contribution < -0.4 is 5.73 Å². The largest absolute Gasteiger partial charge is 0.380 e. The van der Waals surface area contributed by atoms with Crippen LogP contribution in [0, 0.1) is 0 Å². The lowest BCUT2D eigenvalue weighted by Gasteiger charge is -2.14. The van der Waals surface area contributed by atoms with Gasteiger partial charge in [-0.1, -0.05) is 0 Å². The highest BCUT2D eigenvalue weighted by Gasteiger charge is 2.24. The first-order valence-corrected chi connectivity index (χ1v) is 3.78. The third kappa shape index (κ3) is 2.62. The summed E-state index contributed by atoms with van der Waals surface area (Å²) in [5.74, 6) is 0.0181. The second-order valence-electron chi connectivity index (χ2n) is 2.69. The summed E-state index contributed by atoms with van der Waals surface area (Å²) in [6.45, 7) is 1.59. The molecule has 1 fully saturated rings. The van der Waals surface area contributed by atoms with Crippen LogP contribution >= 0.6 is 12.4 Å². The molecular formula is C7H15ClN2O2. The third-order valence-corrected chi connectivity index (χ3v) is 2.01. The lowest BCUT2D eigenvalue weighted by molar-refractivity contribution is -0.129. The molecule has 2 N–H and O–H groups in total. The predicted molar refractivity (Wildman–Crippen MR) is 48.3 cm³/mol. The van der Waals surface area contributed by atoms with Gasteiger partial charge in [0.05, 0.1) is 12.6 Å². The van der Waals surface area contributed by atoms with Gasteiger partial charge >= 0.3 is 0 Å². The van der Waals surface area contributed by atoms with Gasteiger partial charge in [-0.3, -0.25) is 4.79 Å². The monoisotopic (exact) mass is 194 g/mol. The number of hydrogen-bond acceptors (Lipinski definition) is 3. The molecule has 4 nitrogen and oxygen atoms in total. The van der Waals surface area contributed by atoms with Gasteiger partial charge in [0.2, 0.25) is 5.91 Å². The Morgan fingerprint density at radius 3 is 2.83 bits per heavy atom. The molecule has 1 saturated heterocycles. The van der Waals surface area contributed by atoms with E-state index in [1.165, 1.54) is 0 Å². The molecule has 0 spiro atoms. The maximum Gasteiger partial charge on any atom is 0.236 e. The van der Waals surface area contributed by atoms with E-state index >= 15 is 0 Å². The predicted octanol–water partition coefficient (Wildman–Crippen LogP) is -0.386. The molecule has 0 aromatic rings. The van der Waals surface area contributed by atoms with Crippen LogP contribution in [0.2, 0.25) is 0 Å². The molecule has 1 rings (SSSR count). The van der Waals surface area contributed by atoms with E-state index in [0.29, 0.717) is 6.54 Å². The first-order chi connectivity index (χ1) is 5.27. The van der Waals surface area contributed by atoms with Crippen LogP contribution in [0.25, 0.3) is 0 Å². The van der Waals surface area contributed by atoms with E-state index in [1.54, 1.807) is 12.0 Å². The number of amides is 1. The first kappa shape index (κ1) is 11.7. The van der Waals surface area contributed by atoms with Crippen molar-refractivity contribution in [1.82, 2.24) is 4.90 Å². The fourth-order valence-electron chi connectivity index (χ4n) is 1.28. The zero-order valence-electron chi connectivity index (χ0n) is 7.16. The van der Waals surface area contributed by atoms with Gasteiger partial charge in [0, 0.05) is 20.2 Å². The molecule has 1 heterocycles. The van der Waals surface area contributed by atoms with Crippen molar-refractivity contribution in [2.75, 3.05) is 26.7 Å². The average molecular weight is 195 g/mol. The molecule has 1 aliphatic rings. The van der Waals surface area contributed by atoms with Crippen LogP contribution in [0.15, 0.2) is 0 Å². The lowest BCUT2D eigenvalue weighted by atomic mass is 10.3. The second-order valence-corrected chi connectivity index (χ2v) is 2.69. The van der Waals surface area contributed by atoms with Gasteiger partial charge in [-0.05, 0) is 6.42 Å². The number of carbonyl (C=O) groups excluding carboxylic acids is 1. The Balaban J connectivity index is 0.00000121. The maximum atomic E-state index is 11.0. The summed E-state index contributed by atoms with van der Waals surface area (Å²) in [5, 5.41) is 0. The molecule has 0 aliphatic carbocycles. The lowest BCUT2D eigenvalue weighted by Crippen LogP contribution is -2.34. The third-order valence-electron chi connectivity index (χ3n) is 2.01. The zero-order chi connectivity index (χ0) is 8.27. The summed E-state index contributed by atoms with van der Waals surface area (Å²) >= 11 is 0. The Kier molecular flexibility index (Phi) is 5.20. The molecule has 0 aromatic carbocycles. The molecule has 0 unspecified atom stereocenters. The minimum Gasteiger partial charge on any atom is -0.380 e. The van der Waals surface area contributed by atoms with Crippen LogP contribution in [0.1, 0.15) is 6.42 Å². The quantitative estimate of drug-likeness (QED) is 0.652. The Morgan fingerprint density at radius 1 is 1.75 bits per heavy atom. The minimum absolute atomic E-state index is 0. The maximum absolute atomic E-state index is 11.0. The van der Waals surface area contributed by atoms with Gasteiger partial charge in [0.1, 0.15) is 0 Å². The molecular weight excluding hydrogens is 180 g/mol. The second kappa shape index (κ2) is 5.35. The molecule has 1 aliphatic heterocycles. The Morgan fingerprint density at radius 2 is 2.42 bits per heavy atom. The van der Waals surface area contributed by atoms with Gasteiger partial charge in [0.25, 0.3) is 0 Å². The average Bonchev–Trinajstić information content (AvgIpc) is 2.50. The molecule has 0 aromatic heterocycles. The van der Waals surface area contributed by atoms with Crippen LogP contribution in [0.5, 0.6) is 0 Å². The number of carbonyl (C=O) groups is 1. The van der Waals surface area contributed by atoms with Crippen molar-refractivity contribution in [2.45, 2.75) is 12.5 Å². The Labute approximate surface area is 78.5 Å². The first-order valence-electron chi connectivity index (χ1n) is 3.78. The van der Waals surface area contributed by atoms with Gasteiger partial charge in [-0.25, -0.2) is 0 Å². The molecule has 1 amide bonds. The molecule has 72 valence electrons. The van der Waals surface area contributed by atoms with Crippen molar-refractivity contribution >= 4 is 18.3 Å². The molecule has 0 radical (unpaired) electrons. The van der Waals surface area contributed by atoms with E-state index in [2.05, 4.69) is 0 Å². The van der Waals surface area contributed by atoms with Crippen molar-refractivity contribution < 1.29 is 9.53 Å². The number of nitrogens with two attached hydrogens (primary N) is 1. The van der Waals surface area contributed by atoms with E-state index in [0.717, 1.165) is 13.0 Å². The van der Waals surface area contributed by atoms with E-state index in [4.69, 9.17) is 10.5 Å². The summed E-state index contributed by atoms with van der Waals surface area (Å²) in [4.78, 5) is 12.8. The molecule has 5 heteroatoms. The van der Waals surface area contributed by atoms with Gasteiger partial charge in [-0.2, -0.15) is 0 Å². The number of likely N-dealkylation sites (tertiary alicyclic amines) is 1. The summed E-state index contributed by atoms with van der Waals surface area (Å²) in [5.41, 5.74) is 5.21. The van der Waals surface area contributed by atoms with Gasteiger partial charge in [0.15, 0.2) is 0 Å².